The number of aromatic nitrogens is 4. The van der Waals surface area contributed by atoms with Gasteiger partial charge in [-0.1, -0.05) is 32.8 Å². The first-order valence-corrected chi connectivity index (χ1v) is 18.0. The first-order chi connectivity index (χ1) is 23.2. The molecule has 4 heterocycles. The van der Waals surface area contributed by atoms with Crippen molar-refractivity contribution in [3.05, 3.63) is 91.0 Å². The second-order valence-corrected chi connectivity index (χ2v) is 13.6. The van der Waals surface area contributed by atoms with Crippen molar-refractivity contribution >= 4 is 11.4 Å². The molecule has 0 radical (unpaired) electrons. The highest BCUT2D eigenvalue weighted by Gasteiger charge is 2.21. The van der Waals surface area contributed by atoms with Crippen molar-refractivity contribution < 1.29 is 0 Å². The van der Waals surface area contributed by atoms with Gasteiger partial charge in [-0.05, 0) is 165 Å². The molecular formula is C43H60N6. The van der Waals surface area contributed by atoms with Crippen molar-refractivity contribution in [1.29, 1.82) is 0 Å². The van der Waals surface area contributed by atoms with E-state index in [-0.39, 0.29) is 0 Å². The Morgan fingerprint density at radius 2 is 0.776 bits per heavy atom. The standard InChI is InChI=1S/C26H33N3.C17H27N3/c1-12-15(4)21(10)27-23(17(12)6)25-19(8)14(3)20(9)26(29-25)24-18(7)13(2)16(5)22(11)28-24;1-5-7-12-18-14(3)16-10-9-11-17(20-16)15(4)19-13-8-6-2/h1-11H3;9-11H,5-8,12-13H2,1-4H3. The van der Waals surface area contributed by atoms with E-state index >= 15 is 0 Å². The van der Waals surface area contributed by atoms with Gasteiger partial charge in [-0.3, -0.25) is 20.0 Å². The first kappa shape index (κ1) is 39.4. The van der Waals surface area contributed by atoms with Gasteiger partial charge >= 0.3 is 0 Å². The van der Waals surface area contributed by atoms with E-state index in [2.05, 4.69) is 105 Å². The van der Waals surface area contributed by atoms with Crippen LogP contribution in [0.3, 0.4) is 0 Å². The largest absolute Gasteiger partial charge is 0.288 e. The fraction of sp³-hybridized carbons (Fsp3) is 0.488. The third kappa shape index (κ3) is 9.14. The zero-order valence-corrected chi connectivity index (χ0v) is 33.2. The molecule has 262 valence electrons. The summed E-state index contributed by atoms with van der Waals surface area (Å²) in [6.45, 7) is 33.8. The van der Waals surface area contributed by atoms with Crippen LogP contribution >= 0.6 is 0 Å². The summed E-state index contributed by atoms with van der Waals surface area (Å²) in [6.07, 6.45) is 4.62. The van der Waals surface area contributed by atoms with Gasteiger partial charge < -0.3 is 0 Å². The molecule has 49 heavy (non-hydrogen) atoms. The molecule has 6 heteroatoms. The second kappa shape index (κ2) is 17.6. The van der Waals surface area contributed by atoms with Crippen molar-refractivity contribution in [1.82, 2.24) is 19.9 Å². The van der Waals surface area contributed by atoms with Crippen molar-refractivity contribution in [3.8, 4) is 22.8 Å². The molecule has 4 aromatic rings. The summed E-state index contributed by atoms with van der Waals surface area (Å²) in [4.78, 5) is 28.9. The van der Waals surface area contributed by atoms with Crippen LogP contribution in [0.25, 0.3) is 22.8 Å². The van der Waals surface area contributed by atoms with Gasteiger partial charge in [0, 0.05) is 24.5 Å². The van der Waals surface area contributed by atoms with E-state index in [1.165, 1.54) is 62.9 Å². The molecule has 0 aliphatic carbocycles. The molecule has 0 bridgehead atoms. The average Bonchev–Trinajstić information content (AvgIpc) is 3.09. The van der Waals surface area contributed by atoms with E-state index in [4.69, 9.17) is 15.0 Å². The zero-order chi connectivity index (χ0) is 36.6. The molecule has 0 spiro atoms. The van der Waals surface area contributed by atoms with Crippen LogP contribution in [0.4, 0.5) is 0 Å². The molecule has 0 saturated carbocycles. The minimum Gasteiger partial charge on any atom is -0.288 e. The van der Waals surface area contributed by atoms with Crippen LogP contribution in [0.5, 0.6) is 0 Å². The molecule has 0 unspecified atom stereocenters. The van der Waals surface area contributed by atoms with Gasteiger partial charge in [0.15, 0.2) is 0 Å². The SMILES string of the molecule is CCCCN=C(C)c1cccc(C(C)=NCCCC)n1.Cc1nc(-c2nc(-c3nc(C)c(C)c(C)c3C)c(C)c(C)c2C)c(C)c(C)c1C. The van der Waals surface area contributed by atoms with Crippen LogP contribution in [0.15, 0.2) is 28.2 Å². The molecule has 6 nitrogen and oxygen atoms in total. The highest BCUT2D eigenvalue weighted by Crippen LogP contribution is 2.35. The summed E-state index contributed by atoms with van der Waals surface area (Å²) in [5.41, 5.74) is 21.2. The number of aliphatic imine (C=N–C) groups is 2. The Bertz CT molecular complexity index is 1730. The van der Waals surface area contributed by atoms with Crippen LogP contribution in [-0.2, 0) is 0 Å². The predicted octanol–water partition coefficient (Wildman–Crippen LogP) is 10.9. The Hall–Kier alpha value is -4.06. The maximum atomic E-state index is 5.19. The number of aryl methyl sites for hydroxylation is 2. The molecule has 0 aromatic carbocycles. The first-order valence-electron chi connectivity index (χ1n) is 18.0. The molecule has 0 atom stereocenters. The summed E-state index contributed by atoms with van der Waals surface area (Å²) in [7, 11) is 0. The van der Waals surface area contributed by atoms with Crippen LogP contribution in [0.1, 0.15) is 126 Å². The summed E-state index contributed by atoms with van der Waals surface area (Å²) in [5, 5.41) is 0. The number of hydrogen-bond donors (Lipinski definition) is 0. The van der Waals surface area contributed by atoms with E-state index in [0.29, 0.717) is 0 Å². The van der Waals surface area contributed by atoms with Crippen molar-refractivity contribution in [2.75, 3.05) is 13.1 Å². The van der Waals surface area contributed by atoms with E-state index in [1.54, 1.807) is 0 Å². The maximum absolute atomic E-state index is 5.19. The molecule has 0 aliphatic rings. The number of nitrogens with zero attached hydrogens (tertiary/aromatic N) is 6. The lowest BCUT2D eigenvalue weighted by molar-refractivity contribution is 0.806. The molecule has 0 amide bonds. The van der Waals surface area contributed by atoms with Gasteiger partial charge in [-0.25, -0.2) is 9.97 Å². The van der Waals surface area contributed by atoms with Gasteiger partial charge in [-0.15, -0.1) is 0 Å². The second-order valence-electron chi connectivity index (χ2n) is 13.6. The Balaban J connectivity index is 0.000000286. The Morgan fingerprint density at radius 3 is 1.12 bits per heavy atom. The average molecular weight is 661 g/mol. The van der Waals surface area contributed by atoms with E-state index in [1.807, 2.05) is 32.0 Å². The highest BCUT2D eigenvalue weighted by molar-refractivity contribution is 6.00. The zero-order valence-electron chi connectivity index (χ0n) is 33.2. The third-order valence-corrected chi connectivity index (χ3v) is 10.3. The lowest BCUT2D eigenvalue weighted by Gasteiger charge is -2.20. The smallest absolute Gasteiger partial charge is 0.0929 e. The lowest BCUT2D eigenvalue weighted by atomic mass is 9.93. The van der Waals surface area contributed by atoms with Crippen LogP contribution in [-0.4, -0.2) is 44.4 Å². The molecule has 0 saturated heterocycles. The highest BCUT2D eigenvalue weighted by atomic mass is 14.8. The van der Waals surface area contributed by atoms with Crippen LogP contribution in [0.2, 0.25) is 0 Å². The summed E-state index contributed by atoms with van der Waals surface area (Å²) >= 11 is 0. The number of rotatable bonds is 10. The van der Waals surface area contributed by atoms with Crippen molar-refractivity contribution in [2.24, 2.45) is 9.98 Å². The quantitative estimate of drug-likeness (QED) is 0.125. The van der Waals surface area contributed by atoms with E-state index < -0.39 is 0 Å². The third-order valence-electron chi connectivity index (χ3n) is 10.3. The number of pyridine rings is 4. The van der Waals surface area contributed by atoms with Gasteiger partial charge in [0.25, 0.3) is 0 Å². The van der Waals surface area contributed by atoms with Crippen LogP contribution < -0.4 is 0 Å². The monoisotopic (exact) mass is 660 g/mol. The van der Waals surface area contributed by atoms with E-state index in [0.717, 1.165) is 82.9 Å². The Kier molecular flexibility index (Phi) is 14.1. The van der Waals surface area contributed by atoms with Crippen LogP contribution in [0, 0.1) is 76.2 Å². The van der Waals surface area contributed by atoms with Crippen molar-refractivity contribution in [3.63, 3.8) is 0 Å². The van der Waals surface area contributed by atoms with Crippen molar-refractivity contribution in [2.45, 2.75) is 130 Å². The number of unbranched alkanes of at least 4 members (excludes halogenated alkanes) is 2. The maximum Gasteiger partial charge on any atom is 0.0929 e. The van der Waals surface area contributed by atoms with Gasteiger partial charge in [0.05, 0.1) is 45.6 Å². The minimum absolute atomic E-state index is 0.887. The molecular weight excluding hydrogens is 601 g/mol. The minimum atomic E-state index is 0.887. The van der Waals surface area contributed by atoms with Gasteiger partial charge in [0.1, 0.15) is 0 Å². The molecule has 4 aromatic heterocycles. The molecule has 0 N–H and O–H groups in total. The van der Waals surface area contributed by atoms with Gasteiger partial charge in [-0.2, -0.15) is 0 Å². The fourth-order valence-electron chi connectivity index (χ4n) is 5.78. The summed E-state index contributed by atoms with van der Waals surface area (Å²) in [6, 6.07) is 6.08. The topological polar surface area (TPSA) is 76.3 Å². The lowest BCUT2D eigenvalue weighted by Crippen LogP contribution is -2.07. The van der Waals surface area contributed by atoms with E-state index in [9.17, 15) is 0 Å². The fourth-order valence-corrected chi connectivity index (χ4v) is 5.78. The number of hydrogen-bond acceptors (Lipinski definition) is 6. The van der Waals surface area contributed by atoms with Gasteiger partial charge in [0.2, 0.25) is 0 Å². The summed E-state index contributed by atoms with van der Waals surface area (Å²) in [5.74, 6) is 0. The summed E-state index contributed by atoms with van der Waals surface area (Å²) < 4.78 is 0. The molecule has 0 fully saturated rings. The molecule has 4 rings (SSSR count). The molecule has 0 aliphatic heterocycles. The normalized spacial score (nSPS) is 11.9. The predicted molar refractivity (Wildman–Crippen MR) is 211 cm³/mol. The Morgan fingerprint density at radius 1 is 0.449 bits per heavy atom. The Labute approximate surface area is 297 Å².